The van der Waals surface area contributed by atoms with Crippen molar-refractivity contribution in [3.63, 3.8) is 0 Å². The molecular weight excluding hydrogens is 304 g/mol. The third-order valence-electron chi connectivity index (χ3n) is 3.85. The second-order valence-electron chi connectivity index (χ2n) is 5.56. The fourth-order valence-corrected chi connectivity index (χ4v) is 4.25. The fourth-order valence-electron chi connectivity index (χ4n) is 2.78. The lowest BCUT2D eigenvalue weighted by atomic mass is 9.88. The van der Waals surface area contributed by atoms with Gasteiger partial charge in [0, 0.05) is 15.6 Å². The summed E-state index contributed by atoms with van der Waals surface area (Å²) in [5.41, 5.74) is 8.56. The van der Waals surface area contributed by atoms with Crippen LogP contribution in [0.1, 0.15) is 34.1 Å². The molecule has 0 spiro atoms. The molecule has 0 saturated carbocycles. The lowest BCUT2D eigenvalue weighted by molar-refractivity contribution is 0.102. The summed E-state index contributed by atoms with van der Waals surface area (Å²) in [5.74, 6) is 0.529. The van der Waals surface area contributed by atoms with Crippen LogP contribution in [0.5, 0.6) is 0 Å². The largest absolute Gasteiger partial charge is 0.390 e. The Labute approximate surface area is 133 Å². The van der Waals surface area contributed by atoms with Crippen molar-refractivity contribution in [3.05, 3.63) is 45.3 Å². The first-order chi connectivity index (χ1) is 10.0. The van der Waals surface area contributed by atoms with Gasteiger partial charge in [-0.05, 0) is 48.9 Å². The first-order valence-corrected chi connectivity index (χ1v) is 8.21. The number of anilines is 2. The van der Waals surface area contributed by atoms with Gasteiger partial charge < -0.3 is 11.1 Å². The van der Waals surface area contributed by atoms with Gasteiger partial charge in [-0.2, -0.15) is 0 Å². The van der Waals surface area contributed by atoms with Crippen LogP contribution < -0.4 is 11.1 Å². The van der Waals surface area contributed by atoms with Crippen molar-refractivity contribution in [1.82, 2.24) is 0 Å². The van der Waals surface area contributed by atoms with Gasteiger partial charge in [0.25, 0.3) is 5.91 Å². The van der Waals surface area contributed by atoms with E-state index in [1.165, 1.54) is 4.88 Å². The highest BCUT2D eigenvalue weighted by Gasteiger charge is 2.26. The molecule has 5 heteroatoms. The molecule has 3 N–H and O–H groups in total. The number of hydrogen-bond donors (Lipinski definition) is 2. The fraction of sp³-hybridized carbons (Fsp3) is 0.312. The standard InChI is InChI=1S/C16H17ClN2OS/c1-9-5-6-12-13(7-9)21-15(18)14(12)16(20)19-11-4-2-3-10(17)8-11/h2-4,8-9H,5-7,18H2,1H3,(H,19,20). The minimum absolute atomic E-state index is 0.137. The summed E-state index contributed by atoms with van der Waals surface area (Å²) in [7, 11) is 0. The molecule has 1 aromatic carbocycles. The number of hydrogen-bond acceptors (Lipinski definition) is 3. The van der Waals surface area contributed by atoms with E-state index in [9.17, 15) is 4.79 Å². The maximum absolute atomic E-state index is 12.5. The Morgan fingerprint density at radius 2 is 2.29 bits per heavy atom. The van der Waals surface area contributed by atoms with Crippen molar-refractivity contribution in [2.45, 2.75) is 26.2 Å². The maximum atomic E-state index is 12.5. The smallest absolute Gasteiger partial charge is 0.258 e. The van der Waals surface area contributed by atoms with Crippen LogP contribution in [-0.4, -0.2) is 5.91 Å². The topological polar surface area (TPSA) is 55.1 Å². The number of benzene rings is 1. The highest BCUT2D eigenvalue weighted by atomic mass is 35.5. The first kappa shape index (κ1) is 14.4. The predicted molar refractivity (Wildman–Crippen MR) is 89.3 cm³/mol. The molecule has 3 nitrogen and oxygen atoms in total. The van der Waals surface area contributed by atoms with Crippen molar-refractivity contribution >= 4 is 39.5 Å². The molecular formula is C16H17ClN2OS. The van der Waals surface area contributed by atoms with E-state index in [2.05, 4.69) is 12.2 Å². The molecule has 1 heterocycles. The quantitative estimate of drug-likeness (QED) is 0.863. The highest BCUT2D eigenvalue weighted by molar-refractivity contribution is 7.16. The molecule has 2 aromatic rings. The van der Waals surface area contributed by atoms with E-state index in [1.807, 2.05) is 12.1 Å². The molecule has 0 bridgehead atoms. The molecule has 1 atom stereocenters. The van der Waals surface area contributed by atoms with Crippen molar-refractivity contribution in [3.8, 4) is 0 Å². The van der Waals surface area contributed by atoms with E-state index in [-0.39, 0.29) is 5.91 Å². The van der Waals surface area contributed by atoms with Crippen LogP contribution >= 0.6 is 22.9 Å². The van der Waals surface area contributed by atoms with Crippen LogP contribution in [0.25, 0.3) is 0 Å². The zero-order chi connectivity index (χ0) is 15.0. The number of thiophene rings is 1. The van der Waals surface area contributed by atoms with E-state index in [0.717, 1.165) is 24.8 Å². The second-order valence-corrected chi connectivity index (χ2v) is 7.13. The molecule has 0 saturated heterocycles. The molecule has 110 valence electrons. The van der Waals surface area contributed by atoms with E-state index >= 15 is 0 Å². The van der Waals surface area contributed by atoms with Crippen LogP contribution in [0.15, 0.2) is 24.3 Å². The lowest BCUT2D eigenvalue weighted by Crippen LogP contribution is -2.17. The molecule has 3 rings (SSSR count). The molecule has 1 amide bonds. The number of nitrogens with one attached hydrogen (secondary N) is 1. The summed E-state index contributed by atoms with van der Waals surface area (Å²) >= 11 is 7.50. The van der Waals surface area contributed by atoms with E-state index in [0.29, 0.717) is 27.2 Å². The number of nitrogen functional groups attached to an aromatic ring is 1. The molecule has 1 aliphatic carbocycles. The molecule has 0 radical (unpaired) electrons. The normalized spacial score (nSPS) is 17.3. The Morgan fingerprint density at radius 1 is 1.48 bits per heavy atom. The number of fused-ring (bicyclic) bond motifs is 1. The number of carbonyl (C=O) groups excluding carboxylic acids is 1. The van der Waals surface area contributed by atoms with Gasteiger partial charge in [-0.25, -0.2) is 0 Å². The van der Waals surface area contributed by atoms with Crippen LogP contribution in [0.4, 0.5) is 10.7 Å². The summed E-state index contributed by atoms with van der Waals surface area (Å²) < 4.78 is 0. The molecule has 0 aliphatic heterocycles. The third-order valence-corrected chi connectivity index (χ3v) is 5.17. The zero-order valence-electron chi connectivity index (χ0n) is 11.8. The Hall–Kier alpha value is -1.52. The van der Waals surface area contributed by atoms with Gasteiger partial charge in [0.05, 0.1) is 10.6 Å². The van der Waals surface area contributed by atoms with Gasteiger partial charge in [0.2, 0.25) is 0 Å². The molecule has 1 unspecified atom stereocenters. The van der Waals surface area contributed by atoms with Gasteiger partial charge in [-0.1, -0.05) is 24.6 Å². The average Bonchev–Trinajstić information content (AvgIpc) is 2.73. The van der Waals surface area contributed by atoms with Gasteiger partial charge in [0.15, 0.2) is 0 Å². The van der Waals surface area contributed by atoms with Crippen LogP contribution in [0, 0.1) is 5.92 Å². The van der Waals surface area contributed by atoms with E-state index in [4.69, 9.17) is 17.3 Å². The number of nitrogens with two attached hydrogens (primary N) is 1. The van der Waals surface area contributed by atoms with E-state index in [1.54, 1.807) is 23.5 Å². The monoisotopic (exact) mass is 320 g/mol. The van der Waals surface area contributed by atoms with Gasteiger partial charge in [-0.15, -0.1) is 11.3 Å². The number of carbonyl (C=O) groups is 1. The van der Waals surface area contributed by atoms with Crippen LogP contribution in [-0.2, 0) is 12.8 Å². The minimum atomic E-state index is -0.137. The van der Waals surface area contributed by atoms with Crippen LogP contribution in [0.3, 0.4) is 0 Å². The second kappa shape index (κ2) is 5.70. The predicted octanol–water partition coefficient (Wildman–Crippen LogP) is 4.36. The number of amides is 1. The number of rotatable bonds is 2. The van der Waals surface area contributed by atoms with Crippen molar-refractivity contribution in [2.24, 2.45) is 5.92 Å². The maximum Gasteiger partial charge on any atom is 0.258 e. The average molecular weight is 321 g/mol. The minimum Gasteiger partial charge on any atom is -0.390 e. The Bertz CT molecular complexity index is 696. The van der Waals surface area contributed by atoms with Crippen molar-refractivity contribution < 1.29 is 4.79 Å². The lowest BCUT2D eigenvalue weighted by Gasteiger charge is -2.18. The summed E-state index contributed by atoms with van der Waals surface area (Å²) in [5, 5.41) is 4.11. The summed E-state index contributed by atoms with van der Waals surface area (Å²) in [6, 6.07) is 7.14. The SMILES string of the molecule is CC1CCc2c(sc(N)c2C(=O)Nc2cccc(Cl)c2)C1. The number of halogens is 1. The molecule has 1 aromatic heterocycles. The van der Waals surface area contributed by atoms with Crippen LogP contribution in [0.2, 0.25) is 5.02 Å². The molecule has 0 fully saturated rings. The Balaban J connectivity index is 1.88. The van der Waals surface area contributed by atoms with Gasteiger partial charge >= 0.3 is 0 Å². The molecule has 1 aliphatic rings. The highest BCUT2D eigenvalue weighted by Crippen LogP contribution is 2.38. The van der Waals surface area contributed by atoms with E-state index < -0.39 is 0 Å². The van der Waals surface area contributed by atoms with Crippen molar-refractivity contribution in [2.75, 3.05) is 11.1 Å². The third kappa shape index (κ3) is 2.92. The van der Waals surface area contributed by atoms with Gasteiger partial charge in [-0.3, -0.25) is 4.79 Å². The summed E-state index contributed by atoms with van der Waals surface area (Å²) in [6.07, 6.45) is 3.07. The Morgan fingerprint density at radius 3 is 3.05 bits per heavy atom. The summed E-state index contributed by atoms with van der Waals surface area (Å²) in [4.78, 5) is 13.8. The van der Waals surface area contributed by atoms with Crippen molar-refractivity contribution in [1.29, 1.82) is 0 Å². The zero-order valence-corrected chi connectivity index (χ0v) is 13.4. The first-order valence-electron chi connectivity index (χ1n) is 7.01. The summed E-state index contributed by atoms with van der Waals surface area (Å²) in [6.45, 7) is 2.24. The molecule has 21 heavy (non-hydrogen) atoms. The Kier molecular flexibility index (Phi) is 3.91. The van der Waals surface area contributed by atoms with Gasteiger partial charge in [0.1, 0.15) is 0 Å².